The second-order valence-electron chi connectivity index (χ2n) is 8.16. The third-order valence-corrected chi connectivity index (χ3v) is 6.36. The lowest BCUT2D eigenvalue weighted by molar-refractivity contribution is -0.142. The van der Waals surface area contributed by atoms with E-state index in [1.165, 1.54) is 19.3 Å². The molecule has 3 heterocycles. The van der Waals surface area contributed by atoms with Crippen LogP contribution < -0.4 is 5.56 Å². The number of oxime groups is 1. The van der Waals surface area contributed by atoms with Crippen LogP contribution in [0.25, 0.3) is 11.0 Å². The number of nitrogens with zero attached hydrogens (tertiary/aromatic N) is 4. The van der Waals surface area contributed by atoms with Crippen molar-refractivity contribution in [2.24, 2.45) is 5.16 Å². The van der Waals surface area contributed by atoms with Crippen molar-refractivity contribution in [1.82, 2.24) is 14.5 Å². The highest BCUT2D eigenvalue weighted by atomic mass is 16.6. The van der Waals surface area contributed by atoms with Gasteiger partial charge in [0.2, 0.25) is 6.61 Å². The van der Waals surface area contributed by atoms with Crippen molar-refractivity contribution in [3.63, 3.8) is 0 Å². The minimum atomic E-state index is -1.12. The van der Waals surface area contributed by atoms with Crippen molar-refractivity contribution in [2.45, 2.75) is 64.1 Å². The van der Waals surface area contributed by atoms with E-state index in [4.69, 9.17) is 9.94 Å². The number of carboxylic acid groups (broad SMARTS) is 1. The first-order valence-corrected chi connectivity index (χ1v) is 10.6. The molecule has 0 amide bonds. The quantitative estimate of drug-likeness (QED) is 0.579. The number of aliphatic carboxylic acids is 1. The van der Waals surface area contributed by atoms with Crippen LogP contribution in [0.5, 0.6) is 0 Å². The highest BCUT2D eigenvalue weighted by molar-refractivity contribution is 5.97. The minimum Gasteiger partial charge on any atom is -0.479 e. The highest BCUT2D eigenvalue weighted by Crippen LogP contribution is 2.39. The first-order chi connectivity index (χ1) is 14.5. The van der Waals surface area contributed by atoms with Gasteiger partial charge in [0.05, 0.1) is 11.0 Å². The monoisotopic (exact) mass is 412 g/mol. The second kappa shape index (κ2) is 8.55. The van der Waals surface area contributed by atoms with Gasteiger partial charge in [0, 0.05) is 18.1 Å². The molecule has 0 aliphatic carbocycles. The van der Waals surface area contributed by atoms with Gasteiger partial charge in [0.1, 0.15) is 5.71 Å². The smallest absolute Gasteiger partial charge is 0.344 e. The van der Waals surface area contributed by atoms with Crippen molar-refractivity contribution < 1.29 is 14.7 Å². The molecule has 0 spiro atoms. The van der Waals surface area contributed by atoms with Gasteiger partial charge in [-0.1, -0.05) is 30.6 Å². The molecule has 1 N–H and O–H groups in total. The zero-order chi connectivity index (χ0) is 21.3. The molecule has 0 radical (unpaired) electrons. The Morgan fingerprint density at radius 3 is 2.60 bits per heavy atom. The molecule has 2 fully saturated rings. The molecule has 30 heavy (non-hydrogen) atoms. The number of hydrogen-bond acceptors (Lipinski definition) is 6. The summed E-state index contributed by atoms with van der Waals surface area (Å²) >= 11 is 0. The van der Waals surface area contributed by atoms with E-state index < -0.39 is 12.6 Å². The maximum atomic E-state index is 13.5. The number of piperidine rings is 2. The summed E-state index contributed by atoms with van der Waals surface area (Å²) in [6.07, 6.45) is 5.50. The van der Waals surface area contributed by atoms with Gasteiger partial charge in [-0.2, -0.15) is 0 Å². The van der Waals surface area contributed by atoms with Crippen molar-refractivity contribution in [1.29, 1.82) is 0 Å². The number of carbonyl (C=O) groups is 1. The van der Waals surface area contributed by atoms with Crippen molar-refractivity contribution in [3.05, 3.63) is 40.3 Å². The standard InChI is InChI=1S/C22H28N4O4/c1-3-25-15-7-6-8-16(25)12-17(11-15)26-19-10-5-4-9-18(19)23-21(22(26)29)14(2)24-30-13-20(27)28/h4-5,9-10,15-17H,3,6-8,11-13H2,1-2H3,(H,27,28)/b24-14+. The van der Waals surface area contributed by atoms with E-state index in [2.05, 4.69) is 22.0 Å². The Hall–Kier alpha value is -2.74. The first-order valence-electron chi connectivity index (χ1n) is 10.6. The maximum absolute atomic E-state index is 13.5. The van der Waals surface area contributed by atoms with Crippen LogP contribution in [0.1, 0.15) is 57.7 Å². The SMILES string of the molecule is CCN1C2CCCC1CC(n1c(=O)c(/C(C)=N/OCC(=O)O)nc3ccccc31)C2. The van der Waals surface area contributed by atoms with Gasteiger partial charge in [-0.3, -0.25) is 9.69 Å². The molecule has 160 valence electrons. The van der Waals surface area contributed by atoms with Gasteiger partial charge in [-0.15, -0.1) is 0 Å². The summed E-state index contributed by atoms with van der Waals surface area (Å²) in [7, 11) is 0. The fraction of sp³-hybridized carbons (Fsp3) is 0.545. The molecule has 8 nitrogen and oxygen atoms in total. The van der Waals surface area contributed by atoms with Crippen LogP contribution in [0.3, 0.4) is 0 Å². The Morgan fingerprint density at radius 1 is 1.23 bits per heavy atom. The van der Waals surface area contributed by atoms with Crippen LogP contribution in [0.4, 0.5) is 0 Å². The number of fused-ring (bicyclic) bond motifs is 3. The summed E-state index contributed by atoms with van der Waals surface area (Å²) in [6.45, 7) is 4.33. The van der Waals surface area contributed by atoms with Crippen LogP contribution in [0.15, 0.2) is 34.2 Å². The molecular formula is C22H28N4O4. The number of carboxylic acids is 1. The molecule has 2 aliphatic heterocycles. The van der Waals surface area contributed by atoms with E-state index in [1.807, 2.05) is 28.8 Å². The predicted octanol–water partition coefficient (Wildman–Crippen LogP) is 2.80. The Morgan fingerprint density at radius 2 is 1.93 bits per heavy atom. The third kappa shape index (κ3) is 3.84. The summed E-state index contributed by atoms with van der Waals surface area (Å²) in [4.78, 5) is 36.2. The van der Waals surface area contributed by atoms with Crippen LogP contribution in [-0.4, -0.2) is 56.5 Å². The summed E-state index contributed by atoms with van der Waals surface area (Å²) < 4.78 is 1.90. The van der Waals surface area contributed by atoms with Gasteiger partial charge in [0.15, 0.2) is 5.69 Å². The van der Waals surface area contributed by atoms with Crippen molar-refractivity contribution >= 4 is 22.7 Å². The normalized spacial score (nSPS) is 24.7. The molecule has 8 heteroatoms. The average Bonchev–Trinajstić information content (AvgIpc) is 2.72. The number of benzene rings is 1. The zero-order valence-corrected chi connectivity index (χ0v) is 17.5. The van der Waals surface area contributed by atoms with Crippen molar-refractivity contribution in [2.75, 3.05) is 13.2 Å². The molecule has 2 unspecified atom stereocenters. The molecule has 2 atom stereocenters. The molecule has 2 saturated heterocycles. The Kier molecular flexibility index (Phi) is 5.85. The number of hydrogen-bond donors (Lipinski definition) is 1. The highest BCUT2D eigenvalue weighted by Gasteiger charge is 2.38. The average molecular weight is 412 g/mol. The van der Waals surface area contributed by atoms with Crippen LogP contribution >= 0.6 is 0 Å². The minimum absolute atomic E-state index is 0.106. The van der Waals surface area contributed by atoms with Gasteiger partial charge in [-0.05, 0) is 51.3 Å². The number of para-hydroxylation sites is 2. The van der Waals surface area contributed by atoms with E-state index in [0.717, 1.165) is 30.4 Å². The summed E-state index contributed by atoms with van der Waals surface area (Å²) in [5, 5.41) is 12.6. The lowest BCUT2D eigenvalue weighted by Crippen LogP contribution is -2.53. The Balaban J connectivity index is 1.77. The molecule has 1 aromatic heterocycles. The van der Waals surface area contributed by atoms with E-state index in [1.54, 1.807) is 6.92 Å². The lowest BCUT2D eigenvalue weighted by Gasteiger charge is -2.49. The first kappa shape index (κ1) is 20.5. The molecule has 2 aromatic rings. The van der Waals surface area contributed by atoms with Crippen LogP contribution in [-0.2, 0) is 9.63 Å². The Bertz CT molecular complexity index is 1020. The maximum Gasteiger partial charge on any atom is 0.344 e. The van der Waals surface area contributed by atoms with Crippen LogP contribution in [0.2, 0.25) is 0 Å². The number of aromatic nitrogens is 2. The third-order valence-electron chi connectivity index (χ3n) is 6.36. The topological polar surface area (TPSA) is 97.0 Å². The van der Waals surface area contributed by atoms with Gasteiger partial charge >= 0.3 is 5.97 Å². The molecule has 0 saturated carbocycles. The molecule has 2 bridgehead atoms. The van der Waals surface area contributed by atoms with Gasteiger partial charge < -0.3 is 14.5 Å². The Labute approximate surface area is 175 Å². The molecule has 1 aromatic carbocycles. The zero-order valence-electron chi connectivity index (χ0n) is 17.5. The van der Waals surface area contributed by atoms with E-state index in [-0.39, 0.29) is 23.0 Å². The largest absolute Gasteiger partial charge is 0.479 e. The van der Waals surface area contributed by atoms with Crippen molar-refractivity contribution in [3.8, 4) is 0 Å². The van der Waals surface area contributed by atoms with E-state index in [0.29, 0.717) is 12.1 Å². The summed E-state index contributed by atoms with van der Waals surface area (Å²) in [5.74, 6) is -1.12. The molecule has 2 aliphatic rings. The summed E-state index contributed by atoms with van der Waals surface area (Å²) in [6, 6.07) is 8.78. The van der Waals surface area contributed by atoms with E-state index in [9.17, 15) is 9.59 Å². The van der Waals surface area contributed by atoms with Gasteiger partial charge in [-0.25, -0.2) is 9.78 Å². The van der Waals surface area contributed by atoms with Gasteiger partial charge in [0.25, 0.3) is 5.56 Å². The fourth-order valence-electron chi connectivity index (χ4n) is 5.16. The van der Waals surface area contributed by atoms with Crippen LogP contribution in [0, 0.1) is 0 Å². The summed E-state index contributed by atoms with van der Waals surface area (Å²) in [5.41, 5.74) is 1.86. The fourth-order valence-corrected chi connectivity index (χ4v) is 5.16. The number of rotatable bonds is 6. The lowest BCUT2D eigenvalue weighted by atomic mass is 9.81. The molecule has 4 rings (SSSR count). The predicted molar refractivity (Wildman–Crippen MR) is 114 cm³/mol. The second-order valence-corrected chi connectivity index (χ2v) is 8.16. The van der Waals surface area contributed by atoms with E-state index >= 15 is 0 Å². The molecular weight excluding hydrogens is 384 g/mol.